The Bertz CT molecular complexity index is 1290. The van der Waals surface area contributed by atoms with E-state index >= 15 is 0 Å². The summed E-state index contributed by atoms with van der Waals surface area (Å²) in [6.45, 7) is 3.10. The molecule has 0 aliphatic carbocycles. The first-order valence-corrected chi connectivity index (χ1v) is 12.9. The van der Waals surface area contributed by atoms with Crippen molar-refractivity contribution in [1.29, 1.82) is 0 Å². The summed E-state index contributed by atoms with van der Waals surface area (Å²) in [6.07, 6.45) is 9.08. The lowest BCUT2D eigenvalue weighted by Gasteiger charge is -2.29. The van der Waals surface area contributed by atoms with Gasteiger partial charge in [-0.1, -0.05) is 41.7 Å². The monoisotopic (exact) mass is 489 g/mol. The summed E-state index contributed by atoms with van der Waals surface area (Å²) >= 11 is 1.70. The van der Waals surface area contributed by atoms with Crippen LogP contribution in [0.5, 0.6) is 5.75 Å². The summed E-state index contributed by atoms with van der Waals surface area (Å²) in [5.74, 6) is 1.26. The van der Waals surface area contributed by atoms with Crippen LogP contribution in [-0.4, -0.2) is 42.4 Å². The van der Waals surface area contributed by atoms with E-state index < -0.39 is 0 Å². The van der Waals surface area contributed by atoms with Gasteiger partial charge < -0.3 is 23.5 Å². The molecule has 2 aromatic carbocycles. The SMILES string of the molecule is C(=C\c1cnc(N2CCCCC2)s1)/c1nc2ccc(OC3COC(c4ccccc4)OC3)cc2o1. The Hall–Kier alpha value is -3.20. The smallest absolute Gasteiger partial charge is 0.220 e. The molecule has 0 atom stereocenters. The van der Waals surface area contributed by atoms with Crippen LogP contribution >= 0.6 is 11.3 Å². The average molecular weight is 490 g/mol. The zero-order valence-electron chi connectivity index (χ0n) is 19.3. The number of nitrogens with zero attached hydrogens (tertiary/aromatic N) is 3. The van der Waals surface area contributed by atoms with Crippen molar-refractivity contribution in [3.63, 3.8) is 0 Å². The first-order valence-electron chi connectivity index (χ1n) is 12.0. The number of benzene rings is 2. The molecule has 2 aromatic heterocycles. The van der Waals surface area contributed by atoms with Gasteiger partial charge in [-0.15, -0.1) is 0 Å². The van der Waals surface area contributed by atoms with Crippen LogP contribution in [0.4, 0.5) is 5.13 Å². The summed E-state index contributed by atoms with van der Waals surface area (Å²) in [4.78, 5) is 12.6. The van der Waals surface area contributed by atoms with Gasteiger partial charge in [0.1, 0.15) is 17.4 Å². The van der Waals surface area contributed by atoms with E-state index in [1.165, 1.54) is 19.3 Å². The molecule has 0 amide bonds. The second-order valence-corrected chi connectivity index (χ2v) is 9.80. The molecule has 0 N–H and O–H groups in total. The molecule has 0 bridgehead atoms. The largest absolute Gasteiger partial charge is 0.485 e. The highest BCUT2D eigenvalue weighted by molar-refractivity contribution is 7.16. The summed E-state index contributed by atoms with van der Waals surface area (Å²) in [6, 6.07) is 15.6. The minimum atomic E-state index is -0.350. The van der Waals surface area contributed by atoms with Crippen molar-refractivity contribution < 1.29 is 18.6 Å². The fourth-order valence-electron chi connectivity index (χ4n) is 4.35. The van der Waals surface area contributed by atoms with E-state index in [1.807, 2.05) is 66.9 Å². The van der Waals surface area contributed by atoms with Gasteiger partial charge in [0.05, 0.1) is 13.2 Å². The number of fused-ring (bicyclic) bond motifs is 1. The summed E-state index contributed by atoms with van der Waals surface area (Å²) in [5.41, 5.74) is 2.48. The van der Waals surface area contributed by atoms with E-state index in [0.29, 0.717) is 30.4 Å². The van der Waals surface area contributed by atoms with Crippen molar-refractivity contribution >= 4 is 39.7 Å². The molecular weight excluding hydrogens is 462 g/mol. The highest BCUT2D eigenvalue weighted by Crippen LogP contribution is 2.29. The van der Waals surface area contributed by atoms with Crippen molar-refractivity contribution in [2.24, 2.45) is 0 Å². The Labute approximate surface area is 208 Å². The number of rotatable bonds is 6. The van der Waals surface area contributed by atoms with Gasteiger partial charge in [-0.25, -0.2) is 9.97 Å². The van der Waals surface area contributed by atoms with E-state index in [1.54, 1.807) is 11.3 Å². The second kappa shape index (κ2) is 10.2. The summed E-state index contributed by atoms with van der Waals surface area (Å²) < 4.78 is 23.7. The molecule has 4 aromatic rings. The third-order valence-electron chi connectivity index (χ3n) is 6.15. The van der Waals surface area contributed by atoms with E-state index in [2.05, 4.69) is 14.9 Å². The molecule has 6 rings (SSSR count). The Balaban J connectivity index is 1.07. The molecule has 8 heteroatoms. The molecule has 0 spiro atoms. The van der Waals surface area contributed by atoms with Gasteiger partial charge >= 0.3 is 0 Å². The van der Waals surface area contributed by atoms with Crippen molar-refractivity contribution in [2.75, 3.05) is 31.2 Å². The van der Waals surface area contributed by atoms with Crippen LogP contribution in [-0.2, 0) is 9.47 Å². The molecule has 4 heterocycles. The van der Waals surface area contributed by atoms with E-state index in [9.17, 15) is 0 Å². The minimum Gasteiger partial charge on any atom is -0.485 e. The molecule has 180 valence electrons. The molecule has 2 saturated heterocycles. The maximum Gasteiger partial charge on any atom is 0.220 e. The van der Waals surface area contributed by atoms with Crippen LogP contribution in [0.25, 0.3) is 23.3 Å². The van der Waals surface area contributed by atoms with Crippen LogP contribution < -0.4 is 9.64 Å². The maximum atomic E-state index is 6.08. The topological polar surface area (TPSA) is 69.9 Å². The van der Waals surface area contributed by atoms with Crippen LogP contribution in [0.3, 0.4) is 0 Å². The highest BCUT2D eigenvalue weighted by Gasteiger charge is 2.25. The zero-order valence-corrected chi connectivity index (χ0v) is 20.2. The normalized spacial score (nSPS) is 21.1. The molecule has 2 fully saturated rings. The number of hydrogen-bond donors (Lipinski definition) is 0. The maximum absolute atomic E-state index is 6.08. The number of hydrogen-bond acceptors (Lipinski definition) is 8. The van der Waals surface area contributed by atoms with E-state index in [0.717, 1.165) is 34.2 Å². The lowest BCUT2D eigenvalue weighted by Crippen LogP contribution is -2.35. The first kappa shape index (κ1) is 22.3. The standard InChI is InChI=1S/C27H27N3O4S/c1-3-7-19(8-4-1)26-31-17-21(18-32-26)33-20-9-11-23-24(15-20)34-25(29-23)12-10-22-16-28-27(35-22)30-13-5-2-6-14-30/h1,3-4,7-12,15-16,21,26H,2,5-6,13-14,17-18H2/b12-10+. The Morgan fingerprint density at radius 3 is 2.63 bits per heavy atom. The zero-order chi connectivity index (χ0) is 23.5. The Morgan fingerprint density at radius 1 is 0.971 bits per heavy atom. The minimum absolute atomic E-state index is 0.185. The van der Waals surface area contributed by atoms with E-state index in [-0.39, 0.29) is 12.4 Å². The fraction of sp³-hybridized carbons (Fsp3) is 0.333. The van der Waals surface area contributed by atoms with Gasteiger partial charge in [-0.05, 0) is 37.5 Å². The van der Waals surface area contributed by atoms with Gasteiger partial charge in [0, 0.05) is 41.9 Å². The highest BCUT2D eigenvalue weighted by atomic mass is 32.1. The molecule has 0 saturated carbocycles. The van der Waals surface area contributed by atoms with Crippen LogP contribution in [0.1, 0.15) is 41.9 Å². The van der Waals surface area contributed by atoms with Crippen LogP contribution in [0.2, 0.25) is 0 Å². The predicted molar refractivity (Wildman–Crippen MR) is 137 cm³/mol. The molecule has 7 nitrogen and oxygen atoms in total. The molecular formula is C27H27N3O4S. The first-order chi connectivity index (χ1) is 17.3. The molecule has 2 aliphatic rings. The van der Waals surface area contributed by atoms with Crippen molar-refractivity contribution in [2.45, 2.75) is 31.7 Å². The van der Waals surface area contributed by atoms with Crippen molar-refractivity contribution in [1.82, 2.24) is 9.97 Å². The lowest BCUT2D eigenvalue weighted by molar-refractivity contribution is -0.215. The number of aromatic nitrogens is 2. The van der Waals surface area contributed by atoms with Gasteiger partial charge in [0.15, 0.2) is 17.0 Å². The van der Waals surface area contributed by atoms with Gasteiger partial charge in [-0.3, -0.25) is 0 Å². The fourth-order valence-corrected chi connectivity index (χ4v) is 5.22. The molecule has 2 aliphatic heterocycles. The summed E-state index contributed by atoms with van der Waals surface area (Å²) in [5, 5.41) is 1.09. The van der Waals surface area contributed by atoms with Crippen molar-refractivity contribution in [3.8, 4) is 5.75 Å². The third kappa shape index (κ3) is 5.24. The Morgan fingerprint density at radius 2 is 1.80 bits per heavy atom. The lowest BCUT2D eigenvalue weighted by atomic mass is 10.1. The Kier molecular flexibility index (Phi) is 6.49. The summed E-state index contributed by atoms with van der Waals surface area (Å²) in [7, 11) is 0. The van der Waals surface area contributed by atoms with Gasteiger partial charge in [0.2, 0.25) is 5.89 Å². The second-order valence-electron chi connectivity index (χ2n) is 8.76. The number of piperidine rings is 1. The number of thiazole rings is 1. The van der Waals surface area contributed by atoms with E-state index in [4.69, 9.17) is 18.6 Å². The van der Waals surface area contributed by atoms with Crippen molar-refractivity contribution in [3.05, 3.63) is 71.1 Å². The number of anilines is 1. The predicted octanol–water partition coefficient (Wildman–Crippen LogP) is 5.94. The number of ether oxygens (including phenoxy) is 3. The third-order valence-corrected chi connectivity index (χ3v) is 7.17. The average Bonchev–Trinajstić information content (AvgIpc) is 3.56. The quantitative estimate of drug-likeness (QED) is 0.332. The van der Waals surface area contributed by atoms with Crippen LogP contribution in [0, 0.1) is 0 Å². The molecule has 35 heavy (non-hydrogen) atoms. The number of oxazole rings is 1. The van der Waals surface area contributed by atoms with Crippen LogP contribution in [0.15, 0.2) is 59.1 Å². The van der Waals surface area contributed by atoms with Gasteiger partial charge in [0.25, 0.3) is 0 Å². The molecule has 0 radical (unpaired) electrons. The molecule has 0 unspecified atom stereocenters. The van der Waals surface area contributed by atoms with Gasteiger partial charge in [-0.2, -0.15) is 0 Å².